The number of aromatic nitrogens is 3. The van der Waals surface area contributed by atoms with E-state index in [0.29, 0.717) is 11.8 Å². The maximum absolute atomic E-state index is 10.9. The molecule has 26 heavy (non-hydrogen) atoms. The van der Waals surface area contributed by atoms with Crippen molar-refractivity contribution in [2.45, 2.75) is 49.6 Å². The molecule has 8 heteroatoms. The number of nitrogens with zero attached hydrogens (tertiary/aromatic N) is 5. The Labute approximate surface area is 156 Å². The number of hydrogen-bond acceptors (Lipinski definition) is 6. The maximum Gasteiger partial charge on any atom is 0.269 e. The number of thioether (sulfide) groups is 1. The number of piperidine rings is 1. The van der Waals surface area contributed by atoms with Crippen molar-refractivity contribution in [3.05, 3.63) is 39.9 Å². The molecular weight excluding hydrogens is 350 g/mol. The van der Waals surface area contributed by atoms with E-state index in [0.717, 1.165) is 35.7 Å². The van der Waals surface area contributed by atoms with Crippen molar-refractivity contribution < 1.29 is 4.92 Å². The van der Waals surface area contributed by atoms with Crippen LogP contribution in [0.2, 0.25) is 0 Å². The van der Waals surface area contributed by atoms with Gasteiger partial charge in [0.2, 0.25) is 5.95 Å². The molecule has 0 unspecified atom stereocenters. The van der Waals surface area contributed by atoms with Crippen molar-refractivity contribution in [3.63, 3.8) is 0 Å². The molecule has 1 aliphatic carbocycles. The fraction of sp³-hybridized carbons (Fsp3) is 0.556. The zero-order chi connectivity index (χ0) is 18.1. The zero-order valence-electron chi connectivity index (χ0n) is 14.9. The van der Waals surface area contributed by atoms with Gasteiger partial charge in [-0.05, 0) is 37.2 Å². The van der Waals surface area contributed by atoms with Gasteiger partial charge in [0.15, 0.2) is 5.16 Å². The van der Waals surface area contributed by atoms with Crippen LogP contribution in [0.3, 0.4) is 0 Å². The van der Waals surface area contributed by atoms with Crippen LogP contribution in [0.4, 0.5) is 11.6 Å². The molecule has 0 radical (unpaired) electrons. The van der Waals surface area contributed by atoms with Gasteiger partial charge < -0.3 is 4.90 Å². The Bertz CT molecular complexity index is 797. The molecule has 2 aliphatic rings. The minimum Gasteiger partial charge on any atom is -0.341 e. The van der Waals surface area contributed by atoms with Crippen LogP contribution in [0.25, 0.3) is 0 Å². The molecule has 2 fully saturated rings. The van der Waals surface area contributed by atoms with E-state index in [1.807, 2.05) is 6.07 Å². The van der Waals surface area contributed by atoms with Gasteiger partial charge >= 0.3 is 0 Å². The second-order valence-corrected chi connectivity index (χ2v) is 8.21. The summed E-state index contributed by atoms with van der Waals surface area (Å²) in [5.41, 5.74) is 1.07. The van der Waals surface area contributed by atoms with Crippen LogP contribution >= 0.6 is 11.8 Å². The predicted octanol–water partition coefficient (Wildman–Crippen LogP) is 4.05. The first-order valence-electron chi connectivity index (χ1n) is 9.18. The van der Waals surface area contributed by atoms with Gasteiger partial charge in [-0.25, -0.2) is 0 Å². The summed E-state index contributed by atoms with van der Waals surface area (Å²) >= 11 is 1.61. The lowest BCUT2D eigenvalue weighted by molar-refractivity contribution is -0.384. The van der Waals surface area contributed by atoms with Crippen molar-refractivity contribution in [1.82, 2.24) is 14.8 Å². The van der Waals surface area contributed by atoms with Gasteiger partial charge in [-0.1, -0.05) is 30.8 Å². The first kappa shape index (κ1) is 17.3. The van der Waals surface area contributed by atoms with Crippen LogP contribution in [0.15, 0.2) is 29.4 Å². The summed E-state index contributed by atoms with van der Waals surface area (Å²) in [6, 6.07) is 7.32. The van der Waals surface area contributed by atoms with Crippen molar-refractivity contribution in [2.24, 2.45) is 5.92 Å². The molecule has 138 valence electrons. The van der Waals surface area contributed by atoms with Crippen LogP contribution in [-0.4, -0.2) is 32.8 Å². The topological polar surface area (TPSA) is 77.1 Å². The molecule has 2 aromatic rings. The number of rotatable bonds is 6. The van der Waals surface area contributed by atoms with Crippen molar-refractivity contribution >= 4 is 23.4 Å². The molecule has 7 nitrogen and oxygen atoms in total. The summed E-state index contributed by atoms with van der Waals surface area (Å²) in [7, 11) is 0. The standard InChI is InChI=1S/C18H23N5O2S/c1-13-7-9-21(10-8-13)17-19-20-18(22(17)15-5-6-15)26-12-14-3-2-4-16(11-14)23(24)25/h2-4,11,13,15H,5-10,12H2,1H3. The minimum atomic E-state index is -0.351. The first-order valence-corrected chi connectivity index (χ1v) is 10.2. The second kappa shape index (κ2) is 7.26. The fourth-order valence-electron chi connectivity index (χ4n) is 3.35. The fourth-order valence-corrected chi connectivity index (χ4v) is 4.30. The number of benzene rings is 1. The summed E-state index contributed by atoms with van der Waals surface area (Å²) in [4.78, 5) is 13.0. The Morgan fingerprint density at radius 2 is 2.00 bits per heavy atom. The summed E-state index contributed by atoms with van der Waals surface area (Å²) in [6.45, 7) is 4.40. The molecule has 1 aliphatic heterocycles. The number of anilines is 1. The molecule has 1 aromatic carbocycles. The highest BCUT2D eigenvalue weighted by Crippen LogP contribution is 2.42. The molecule has 0 atom stereocenters. The van der Waals surface area contributed by atoms with Gasteiger partial charge in [-0.15, -0.1) is 10.2 Å². The Morgan fingerprint density at radius 3 is 2.69 bits per heavy atom. The van der Waals surface area contributed by atoms with E-state index < -0.39 is 0 Å². The van der Waals surface area contributed by atoms with Crippen LogP contribution in [0.5, 0.6) is 0 Å². The third kappa shape index (κ3) is 3.70. The van der Waals surface area contributed by atoms with Crippen LogP contribution < -0.4 is 4.90 Å². The van der Waals surface area contributed by atoms with E-state index in [1.54, 1.807) is 23.9 Å². The monoisotopic (exact) mass is 373 g/mol. The molecule has 4 rings (SSSR count). The largest absolute Gasteiger partial charge is 0.341 e. The van der Waals surface area contributed by atoms with E-state index in [4.69, 9.17) is 0 Å². The maximum atomic E-state index is 10.9. The van der Waals surface area contributed by atoms with Crippen LogP contribution in [-0.2, 0) is 5.75 Å². The lowest BCUT2D eigenvalue weighted by Crippen LogP contribution is -2.34. The van der Waals surface area contributed by atoms with Gasteiger partial charge in [0.1, 0.15) is 0 Å². The number of nitro benzene ring substituents is 1. The highest BCUT2D eigenvalue weighted by Gasteiger charge is 2.32. The number of hydrogen-bond donors (Lipinski definition) is 0. The minimum absolute atomic E-state index is 0.134. The predicted molar refractivity (Wildman–Crippen MR) is 102 cm³/mol. The molecule has 0 N–H and O–H groups in total. The Balaban J connectivity index is 1.50. The molecule has 0 amide bonds. The third-order valence-corrected chi connectivity index (χ3v) is 6.13. The van der Waals surface area contributed by atoms with Crippen LogP contribution in [0.1, 0.15) is 44.2 Å². The zero-order valence-corrected chi connectivity index (χ0v) is 15.7. The van der Waals surface area contributed by atoms with E-state index in [9.17, 15) is 10.1 Å². The van der Waals surface area contributed by atoms with Crippen molar-refractivity contribution in [2.75, 3.05) is 18.0 Å². The molecule has 1 saturated heterocycles. The highest BCUT2D eigenvalue weighted by atomic mass is 32.2. The molecular formula is C18H23N5O2S. The lowest BCUT2D eigenvalue weighted by Gasteiger charge is -2.31. The summed E-state index contributed by atoms with van der Waals surface area (Å²) in [5.74, 6) is 2.44. The van der Waals surface area contributed by atoms with E-state index in [-0.39, 0.29) is 10.6 Å². The van der Waals surface area contributed by atoms with Gasteiger partial charge in [0.05, 0.1) is 4.92 Å². The Hall–Kier alpha value is -2.09. The third-order valence-electron chi connectivity index (χ3n) is 5.11. The molecule has 0 spiro atoms. The van der Waals surface area contributed by atoms with E-state index >= 15 is 0 Å². The SMILES string of the molecule is CC1CCN(c2nnc(SCc3cccc([N+](=O)[O-])c3)n2C2CC2)CC1. The van der Waals surface area contributed by atoms with Gasteiger partial charge in [-0.2, -0.15) is 0 Å². The number of nitro groups is 1. The molecule has 2 heterocycles. The smallest absolute Gasteiger partial charge is 0.269 e. The van der Waals surface area contributed by atoms with Crippen molar-refractivity contribution in [1.29, 1.82) is 0 Å². The molecule has 0 bridgehead atoms. The summed E-state index contributed by atoms with van der Waals surface area (Å²) in [5, 5.41) is 20.8. The van der Waals surface area contributed by atoms with Crippen LogP contribution in [0, 0.1) is 16.0 Å². The van der Waals surface area contributed by atoms with Gasteiger partial charge in [0, 0.05) is 37.0 Å². The Kier molecular flexibility index (Phi) is 4.84. The molecule has 1 aromatic heterocycles. The highest BCUT2D eigenvalue weighted by molar-refractivity contribution is 7.98. The average molecular weight is 373 g/mol. The average Bonchev–Trinajstić information content (AvgIpc) is 3.40. The Morgan fingerprint density at radius 1 is 1.23 bits per heavy atom. The lowest BCUT2D eigenvalue weighted by atomic mass is 10.00. The summed E-state index contributed by atoms with van der Waals surface area (Å²) in [6.07, 6.45) is 4.76. The second-order valence-electron chi connectivity index (χ2n) is 7.27. The normalized spacial score (nSPS) is 18.3. The first-order chi connectivity index (χ1) is 12.6. The van der Waals surface area contributed by atoms with E-state index in [1.165, 1.54) is 31.7 Å². The van der Waals surface area contributed by atoms with Gasteiger partial charge in [-0.3, -0.25) is 14.7 Å². The molecule has 1 saturated carbocycles. The quantitative estimate of drug-likeness (QED) is 0.432. The van der Waals surface area contributed by atoms with Gasteiger partial charge in [0.25, 0.3) is 5.69 Å². The van der Waals surface area contributed by atoms with Crippen molar-refractivity contribution in [3.8, 4) is 0 Å². The number of non-ortho nitro benzene ring substituents is 1. The van der Waals surface area contributed by atoms with E-state index in [2.05, 4.69) is 26.6 Å². The summed E-state index contributed by atoms with van der Waals surface area (Å²) < 4.78 is 2.29.